The number of cyclic esters (lactones) is 1. The van der Waals surface area contributed by atoms with E-state index < -0.39 is 0 Å². The van der Waals surface area contributed by atoms with Crippen LogP contribution in [-0.2, 0) is 28.7 Å². The van der Waals surface area contributed by atoms with E-state index in [-0.39, 0.29) is 29.9 Å². The van der Waals surface area contributed by atoms with Crippen molar-refractivity contribution in [1.82, 2.24) is 4.90 Å². The van der Waals surface area contributed by atoms with Crippen LogP contribution in [0.25, 0.3) is 0 Å². The number of ether oxygens (including phenoxy) is 2. The second-order valence-corrected chi connectivity index (χ2v) is 11.0. The molecule has 2 aromatic rings. The van der Waals surface area contributed by atoms with Crippen molar-refractivity contribution in [1.29, 1.82) is 0 Å². The van der Waals surface area contributed by atoms with Crippen LogP contribution in [0.5, 0.6) is 0 Å². The van der Waals surface area contributed by atoms with E-state index >= 15 is 0 Å². The van der Waals surface area contributed by atoms with Gasteiger partial charge in [-0.05, 0) is 87.5 Å². The Morgan fingerprint density at radius 2 is 1.77 bits per heavy atom. The molecule has 2 aliphatic rings. The number of rotatable bonds is 11. The first-order valence-electron chi connectivity index (χ1n) is 13.2. The Morgan fingerprint density at radius 1 is 1.11 bits per heavy atom. The van der Waals surface area contributed by atoms with Gasteiger partial charge < -0.3 is 14.6 Å². The zero-order valence-corrected chi connectivity index (χ0v) is 21.7. The quantitative estimate of drug-likeness (QED) is 0.438. The number of aryl methyl sites for hydroxylation is 1. The lowest BCUT2D eigenvalue weighted by atomic mass is 9.87. The molecule has 1 aliphatic heterocycles. The van der Waals surface area contributed by atoms with E-state index in [4.69, 9.17) is 9.47 Å². The third-order valence-electron chi connectivity index (χ3n) is 7.77. The number of fused-ring (bicyclic) bond motifs is 1. The molecule has 1 fully saturated rings. The summed E-state index contributed by atoms with van der Waals surface area (Å²) in [5.74, 6) is 0.549. The topological polar surface area (TPSA) is 59.0 Å². The summed E-state index contributed by atoms with van der Waals surface area (Å²) in [4.78, 5) is 14.7. The van der Waals surface area contributed by atoms with Crippen LogP contribution in [0.1, 0.15) is 75.3 Å². The van der Waals surface area contributed by atoms with Crippen LogP contribution in [0.4, 0.5) is 4.79 Å². The van der Waals surface area contributed by atoms with Crippen LogP contribution >= 0.6 is 0 Å². The Balaban J connectivity index is 1.30. The molecule has 1 saturated heterocycles. The fraction of sp³-hybridized carbons (Fsp3) is 0.567. The lowest BCUT2D eigenvalue weighted by molar-refractivity contribution is 0.00620. The first-order chi connectivity index (χ1) is 16.8. The fourth-order valence-corrected chi connectivity index (χ4v) is 5.74. The summed E-state index contributed by atoms with van der Waals surface area (Å²) in [6, 6.07) is 16.9. The van der Waals surface area contributed by atoms with E-state index in [2.05, 4.69) is 50.2 Å². The lowest BCUT2D eigenvalue weighted by Crippen LogP contribution is -2.46. The number of aliphatic hydroxyl groups excluding tert-OH is 1. The van der Waals surface area contributed by atoms with Gasteiger partial charge in [-0.3, -0.25) is 4.90 Å². The standard InChI is InChI=1S/C30H41NO4/c1-5-26(32)15-14-23-10-8-9-13-28(23)21(2)34-20-27-19-31(29(33)35-27)30(3,4)18-22-16-24-11-6-7-12-25(24)17-22/h6-13,21-22,26-27,32H,5,14-20H2,1-4H3/t21-,26?,27-/m1/s1. The molecule has 1 heterocycles. The molecule has 3 atom stereocenters. The largest absolute Gasteiger partial charge is 0.442 e. The van der Waals surface area contributed by atoms with Crippen LogP contribution in [0.3, 0.4) is 0 Å². The molecule has 0 bridgehead atoms. The molecule has 1 unspecified atom stereocenters. The summed E-state index contributed by atoms with van der Waals surface area (Å²) in [6.07, 6.45) is 4.58. The summed E-state index contributed by atoms with van der Waals surface area (Å²) >= 11 is 0. The Labute approximate surface area is 210 Å². The second kappa shape index (κ2) is 11.1. The molecule has 5 nitrogen and oxygen atoms in total. The van der Waals surface area contributed by atoms with Gasteiger partial charge >= 0.3 is 6.09 Å². The molecule has 1 amide bonds. The minimum Gasteiger partial charge on any atom is -0.442 e. The van der Waals surface area contributed by atoms with Gasteiger partial charge in [0.25, 0.3) is 0 Å². The van der Waals surface area contributed by atoms with Crippen molar-refractivity contribution in [2.24, 2.45) is 5.92 Å². The maximum absolute atomic E-state index is 12.8. The van der Waals surface area contributed by atoms with Gasteiger partial charge in [-0.15, -0.1) is 0 Å². The summed E-state index contributed by atoms with van der Waals surface area (Å²) < 4.78 is 11.9. The Hall–Kier alpha value is -2.37. The smallest absolute Gasteiger partial charge is 0.410 e. The third-order valence-corrected chi connectivity index (χ3v) is 7.77. The van der Waals surface area contributed by atoms with Gasteiger partial charge in [0.15, 0.2) is 0 Å². The SMILES string of the molecule is CCC(O)CCc1ccccc1[C@@H](C)OC[C@H]1CN(C(C)(C)CC2Cc3ccccc3C2)C(=O)O1. The number of hydrogen-bond acceptors (Lipinski definition) is 4. The monoisotopic (exact) mass is 479 g/mol. The van der Waals surface area contributed by atoms with Crippen molar-refractivity contribution in [3.05, 3.63) is 70.8 Å². The second-order valence-electron chi connectivity index (χ2n) is 11.0. The van der Waals surface area contributed by atoms with Gasteiger partial charge in [0, 0.05) is 5.54 Å². The number of carbonyl (C=O) groups excluding carboxylic acids is 1. The number of carbonyl (C=O) groups is 1. The number of benzene rings is 2. The number of aliphatic hydroxyl groups is 1. The molecule has 190 valence electrons. The summed E-state index contributed by atoms with van der Waals surface area (Å²) in [5, 5.41) is 9.96. The highest BCUT2D eigenvalue weighted by Crippen LogP contribution is 2.36. The average molecular weight is 480 g/mol. The van der Waals surface area contributed by atoms with Crippen molar-refractivity contribution in [3.8, 4) is 0 Å². The predicted octanol–water partition coefficient (Wildman–Crippen LogP) is 5.87. The van der Waals surface area contributed by atoms with Gasteiger partial charge in [-0.25, -0.2) is 4.79 Å². The summed E-state index contributed by atoms with van der Waals surface area (Å²) in [6.45, 7) is 9.30. The molecule has 0 aromatic heterocycles. The van der Waals surface area contributed by atoms with Crippen LogP contribution < -0.4 is 0 Å². The highest BCUT2D eigenvalue weighted by Gasteiger charge is 2.42. The van der Waals surface area contributed by atoms with E-state index in [9.17, 15) is 9.90 Å². The Kier molecular flexibility index (Phi) is 8.18. The van der Waals surface area contributed by atoms with Gasteiger partial charge in [-0.1, -0.05) is 55.5 Å². The molecule has 1 N–H and O–H groups in total. The highest BCUT2D eigenvalue weighted by molar-refractivity contribution is 5.71. The number of hydrogen-bond donors (Lipinski definition) is 1. The van der Waals surface area contributed by atoms with Crippen molar-refractivity contribution in [3.63, 3.8) is 0 Å². The summed E-state index contributed by atoms with van der Waals surface area (Å²) in [5.41, 5.74) is 4.97. The molecular weight excluding hydrogens is 438 g/mol. The number of nitrogens with zero attached hydrogens (tertiary/aromatic N) is 1. The van der Waals surface area contributed by atoms with E-state index in [0.717, 1.165) is 44.1 Å². The van der Waals surface area contributed by atoms with Crippen LogP contribution in [0, 0.1) is 5.92 Å². The first kappa shape index (κ1) is 25.7. The van der Waals surface area contributed by atoms with Crippen molar-refractivity contribution in [2.45, 2.75) is 90.1 Å². The van der Waals surface area contributed by atoms with E-state index in [0.29, 0.717) is 19.1 Å². The van der Waals surface area contributed by atoms with Crippen molar-refractivity contribution in [2.75, 3.05) is 13.2 Å². The van der Waals surface area contributed by atoms with E-state index in [1.54, 1.807) is 0 Å². The zero-order valence-electron chi connectivity index (χ0n) is 21.7. The van der Waals surface area contributed by atoms with Gasteiger partial charge in [-0.2, -0.15) is 0 Å². The zero-order chi connectivity index (χ0) is 25.0. The maximum atomic E-state index is 12.8. The van der Waals surface area contributed by atoms with E-state index in [1.165, 1.54) is 16.7 Å². The molecule has 2 aromatic carbocycles. The van der Waals surface area contributed by atoms with Crippen LogP contribution in [0.2, 0.25) is 0 Å². The molecule has 0 spiro atoms. The van der Waals surface area contributed by atoms with E-state index in [1.807, 2.05) is 30.9 Å². The molecule has 35 heavy (non-hydrogen) atoms. The van der Waals surface area contributed by atoms with Crippen LogP contribution in [-0.4, -0.2) is 47.0 Å². The maximum Gasteiger partial charge on any atom is 0.410 e. The molecule has 0 saturated carbocycles. The molecule has 0 radical (unpaired) electrons. The molecule has 1 aliphatic carbocycles. The lowest BCUT2D eigenvalue weighted by Gasteiger charge is -2.35. The van der Waals surface area contributed by atoms with Gasteiger partial charge in [0.2, 0.25) is 0 Å². The molecule has 4 rings (SSSR count). The van der Waals surface area contributed by atoms with Crippen LogP contribution in [0.15, 0.2) is 48.5 Å². The Morgan fingerprint density at radius 3 is 2.46 bits per heavy atom. The first-order valence-corrected chi connectivity index (χ1v) is 13.2. The minimum absolute atomic E-state index is 0.109. The van der Waals surface area contributed by atoms with Gasteiger partial charge in [0.1, 0.15) is 6.10 Å². The summed E-state index contributed by atoms with van der Waals surface area (Å²) in [7, 11) is 0. The number of amides is 1. The molecular formula is C30H41NO4. The fourth-order valence-electron chi connectivity index (χ4n) is 5.74. The van der Waals surface area contributed by atoms with Crippen molar-refractivity contribution >= 4 is 6.09 Å². The minimum atomic E-state index is -0.273. The van der Waals surface area contributed by atoms with Crippen molar-refractivity contribution < 1.29 is 19.4 Å². The predicted molar refractivity (Wildman–Crippen MR) is 138 cm³/mol. The highest BCUT2D eigenvalue weighted by atomic mass is 16.6. The third kappa shape index (κ3) is 6.25. The molecule has 5 heteroatoms. The average Bonchev–Trinajstić information content (AvgIpc) is 3.43. The Bertz CT molecular complexity index is 978. The normalized spacial score (nSPS) is 20.1. The van der Waals surface area contributed by atoms with Gasteiger partial charge in [0.05, 0.1) is 25.4 Å².